The van der Waals surface area contributed by atoms with Crippen LogP contribution in [-0.4, -0.2) is 59.0 Å². The van der Waals surface area contributed by atoms with Crippen molar-refractivity contribution in [1.82, 2.24) is 9.80 Å². The number of benzene rings is 1. The molecular weight excluding hydrogens is 374 g/mol. The van der Waals surface area contributed by atoms with Gasteiger partial charge in [0.1, 0.15) is 5.60 Å². The van der Waals surface area contributed by atoms with Gasteiger partial charge in [0.15, 0.2) is 0 Å². The highest BCUT2D eigenvalue weighted by Crippen LogP contribution is 2.20. The predicted octanol–water partition coefficient (Wildman–Crippen LogP) is 3.71. The number of piperidine rings is 1. The van der Waals surface area contributed by atoms with E-state index in [-0.39, 0.29) is 23.6 Å². The van der Waals surface area contributed by atoms with Gasteiger partial charge in [0.25, 0.3) is 5.69 Å². The summed E-state index contributed by atoms with van der Waals surface area (Å²) in [4.78, 5) is 38.4. The minimum Gasteiger partial charge on any atom is -0.444 e. The molecule has 2 rings (SSSR count). The lowest BCUT2D eigenvalue weighted by atomic mass is 9.97. The maximum absolute atomic E-state index is 12.5. The summed E-state index contributed by atoms with van der Waals surface area (Å²) < 4.78 is 5.38. The van der Waals surface area contributed by atoms with E-state index < -0.39 is 10.5 Å². The van der Waals surface area contributed by atoms with Gasteiger partial charge in [0, 0.05) is 44.9 Å². The zero-order valence-electron chi connectivity index (χ0n) is 17.5. The summed E-state index contributed by atoms with van der Waals surface area (Å²) in [6, 6.07) is 6.14. The summed E-state index contributed by atoms with van der Waals surface area (Å²) in [5, 5.41) is 10.9. The summed E-state index contributed by atoms with van der Waals surface area (Å²) in [7, 11) is 1.71. The highest BCUT2D eigenvalue weighted by atomic mass is 16.6. The molecule has 1 unspecified atom stereocenters. The fourth-order valence-corrected chi connectivity index (χ4v) is 3.23. The van der Waals surface area contributed by atoms with E-state index in [2.05, 4.69) is 0 Å². The van der Waals surface area contributed by atoms with Crippen LogP contribution in [0.3, 0.4) is 0 Å². The summed E-state index contributed by atoms with van der Waals surface area (Å²) >= 11 is 0. The molecule has 8 nitrogen and oxygen atoms in total. The van der Waals surface area contributed by atoms with Crippen LogP contribution in [0.25, 0.3) is 6.08 Å². The molecule has 0 saturated carbocycles. The van der Waals surface area contributed by atoms with Gasteiger partial charge in [-0.2, -0.15) is 0 Å². The van der Waals surface area contributed by atoms with Crippen LogP contribution in [0.4, 0.5) is 10.5 Å². The van der Waals surface area contributed by atoms with Crippen molar-refractivity contribution in [2.24, 2.45) is 5.92 Å². The Balaban J connectivity index is 1.92. The summed E-state index contributed by atoms with van der Waals surface area (Å²) in [6.07, 6.45) is 4.46. The summed E-state index contributed by atoms with van der Waals surface area (Å²) in [5.41, 5.74) is 0.0469. The van der Waals surface area contributed by atoms with Gasteiger partial charge in [-0.25, -0.2) is 4.79 Å². The lowest BCUT2D eigenvalue weighted by Gasteiger charge is -2.34. The highest BCUT2D eigenvalue weighted by Gasteiger charge is 2.26. The average Bonchev–Trinajstić information content (AvgIpc) is 2.65. The van der Waals surface area contributed by atoms with Gasteiger partial charge in [0.2, 0.25) is 5.91 Å². The zero-order valence-corrected chi connectivity index (χ0v) is 17.5. The van der Waals surface area contributed by atoms with Crippen LogP contribution in [0.15, 0.2) is 30.3 Å². The first kappa shape index (κ1) is 22.4. The smallest absolute Gasteiger partial charge is 0.410 e. The number of ether oxygens (including phenoxy) is 1. The molecule has 1 aromatic rings. The lowest BCUT2D eigenvalue weighted by molar-refractivity contribution is -0.384. The number of carbonyl (C=O) groups is 2. The Morgan fingerprint density at radius 2 is 2.10 bits per heavy atom. The molecule has 1 heterocycles. The van der Waals surface area contributed by atoms with Crippen LogP contribution >= 0.6 is 0 Å². The SMILES string of the molecule is CN(CC1CCCN(C(=O)C=Cc2cccc([N+](=O)[O-])c2)C1)C(=O)OC(C)(C)C. The molecule has 0 aromatic heterocycles. The van der Waals surface area contributed by atoms with Crippen molar-refractivity contribution < 1.29 is 19.2 Å². The number of hydrogen-bond acceptors (Lipinski definition) is 5. The number of non-ortho nitro benzene ring substituents is 1. The van der Waals surface area contributed by atoms with Gasteiger partial charge in [0.05, 0.1) is 4.92 Å². The first-order valence-electron chi connectivity index (χ1n) is 9.71. The molecule has 0 radical (unpaired) electrons. The first-order chi connectivity index (χ1) is 13.5. The van der Waals surface area contributed by atoms with Crippen LogP contribution in [0.1, 0.15) is 39.2 Å². The van der Waals surface area contributed by atoms with Crippen molar-refractivity contribution in [3.63, 3.8) is 0 Å². The molecule has 1 aromatic carbocycles. The highest BCUT2D eigenvalue weighted by molar-refractivity contribution is 5.91. The van der Waals surface area contributed by atoms with Gasteiger partial charge in [-0.3, -0.25) is 14.9 Å². The Labute approximate surface area is 171 Å². The van der Waals surface area contributed by atoms with Crippen LogP contribution in [0, 0.1) is 16.0 Å². The summed E-state index contributed by atoms with van der Waals surface area (Å²) in [5.74, 6) is 0.0394. The maximum Gasteiger partial charge on any atom is 0.410 e. The Morgan fingerprint density at radius 1 is 1.38 bits per heavy atom. The van der Waals surface area contributed by atoms with Gasteiger partial charge in [-0.05, 0) is 51.2 Å². The van der Waals surface area contributed by atoms with Gasteiger partial charge in [-0.15, -0.1) is 0 Å². The lowest BCUT2D eigenvalue weighted by Crippen LogP contribution is -2.44. The second-order valence-corrected chi connectivity index (χ2v) is 8.34. The second-order valence-electron chi connectivity index (χ2n) is 8.34. The van der Waals surface area contributed by atoms with E-state index in [9.17, 15) is 19.7 Å². The fraction of sp³-hybridized carbons (Fsp3) is 0.524. The third-order valence-corrected chi connectivity index (χ3v) is 4.57. The van der Waals surface area contributed by atoms with E-state index in [1.807, 2.05) is 20.8 Å². The standard InChI is InChI=1S/C21H29N3O5/c1-21(2,3)29-20(26)22(4)14-17-8-6-12-23(15-17)19(25)11-10-16-7-5-9-18(13-16)24(27)28/h5,7,9-11,13,17H,6,8,12,14-15H2,1-4H3. The average molecular weight is 403 g/mol. The van der Waals surface area contributed by atoms with E-state index in [1.54, 1.807) is 35.1 Å². The molecule has 2 amide bonds. The van der Waals surface area contributed by atoms with E-state index in [0.717, 1.165) is 12.8 Å². The number of carbonyl (C=O) groups excluding carboxylic acids is 2. The molecule has 29 heavy (non-hydrogen) atoms. The largest absolute Gasteiger partial charge is 0.444 e. The number of nitro benzene ring substituents is 1. The summed E-state index contributed by atoms with van der Waals surface area (Å²) in [6.45, 7) is 7.22. The first-order valence-corrected chi connectivity index (χ1v) is 9.71. The number of amides is 2. The number of hydrogen-bond donors (Lipinski definition) is 0. The minimum absolute atomic E-state index is 0.0113. The third kappa shape index (κ3) is 7.21. The van der Waals surface area contributed by atoms with Crippen LogP contribution in [-0.2, 0) is 9.53 Å². The molecule has 1 saturated heterocycles. The Kier molecular flexibility index (Phi) is 7.36. The molecule has 0 bridgehead atoms. The number of rotatable bonds is 5. The van der Waals surface area contributed by atoms with Crippen molar-refractivity contribution in [2.45, 2.75) is 39.2 Å². The molecular formula is C21H29N3O5. The third-order valence-electron chi connectivity index (χ3n) is 4.57. The molecule has 0 aliphatic carbocycles. The zero-order chi connectivity index (χ0) is 21.6. The monoisotopic (exact) mass is 403 g/mol. The van der Waals surface area contributed by atoms with Crippen LogP contribution in [0.5, 0.6) is 0 Å². The van der Waals surface area contributed by atoms with Crippen molar-refractivity contribution in [3.8, 4) is 0 Å². The van der Waals surface area contributed by atoms with E-state index >= 15 is 0 Å². The molecule has 0 N–H and O–H groups in total. The number of nitro groups is 1. The Hall–Kier alpha value is -2.90. The normalized spacial score (nSPS) is 17.2. The topological polar surface area (TPSA) is 93.0 Å². The number of nitrogens with zero attached hydrogens (tertiary/aromatic N) is 3. The van der Waals surface area contributed by atoms with E-state index in [4.69, 9.17) is 4.74 Å². The second kappa shape index (κ2) is 9.54. The van der Waals surface area contributed by atoms with Crippen molar-refractivity contribution in [2.75, 3.05) is 26.7 Å². The fourth-order valence-electron chi connectivity index (χ4n) is 3.23. The molecule has 1 aliphatic heterocycles. The van der Waals surface area contributed by atoms with Gasteiger partial charge in [-0.1, -0.05) is 12.1 Å². The van der Waals surface area contributed by atoms with Crippen LogP contribution in [0.2, 0.25) is 0 Å². The van der Waals surface area contributed by atoms with E-state index in [0.29, 0.717) is 25.2 Å². The Bertz CT molecular complexity index is 785. The van der Waals surface area contributed by atoms with Crippen LogP contribution < -0.4 is 0 Å². The molecule has 8 heteroatoms. The van der Waals surface area contributed by atoms with Crippen molar-refractivity contribution >= 4 is 23.8 Å². The number of likely N-dealkylation sites (tertiary alicyclic amines) is 1. The van der Waals surface area contributed by atoms with Gasteiger partial charge < -0.3 is 14.5 Å². The molecule has 1 fully saturated rings. The molecule has 1 atom stereocenters. The maximum atomic E-state index is 12.5. The quantitative estimate of drug-likeness (QED) is 0.424. The molecule has 1 aliphatic rings. The van der Waals surface area contributed by atoms with E-state index in [1.165, 1.54) is 18.2 Å². The predicted molar refractivity (Wildman–Crippen MR) is 110 cm³/mol. The minimum atomic E-state index is -0.544. The molecule has 0 spiro atoms. The van der Waals surface area contributed by atoms with Crippen molar-refractivity contribution in [1.29, 1.82) is 0 Å². The van der Waals surface area contributed by atoms with Gasteiger partial charge >= 0.3 is 6.09 Å². The Morgan fingerprint density at radius 3 is 2.76 bits per heavy atom. The van der Waals surface area contributed by atoms with Crippen molar-refractivity contribution in [3.05, 3.63) is 46.0 Å². The molecule has 158 valence electrons.